The Labute approximate surface area is 116 Å². The molecule has 0 unspecified atom stereocenters. The normalized spacial score (nSPS) is 11.3. The van der Waals surface area contributed by atoms with E-state index in [9.17, 15) is 4.79 Å². The maximum Gasteiger partial charge on any atom is 0.258 e. The van der Waals surface area contributed by atoms with Crippen LogP contribution in [-0.4, -0.2) is 27.1 Å². The molecule has 2 aromatic rings. The largest absolute Gasteiger partial charge is 0.409 e. The minimum atomic E-state index is -0.348. The second-order valence-electron chi connectivity index (χ2n) is 3.62. The average molecular weight is 324 g/mol. The van der Waals surface area contributed by atoms with Crippen molar-refractivity contribution >= 4 is 33.4 Å². The van der Waals surface area contributed by atoms with Crippen LogP contribution in [0.15, 0.2) is 40.2 Å². The molecule has 0 bridgehead atoms. The molecule has 1 aromatic carbocycles. The van der Waals surface area contributed by atoms with Crippen LogP contribution in [0.25, 0.3) is 0 Å². The summed E-state index contributed by atoms with van der Waals surface area (Å²) in [6.07, 6.45) is 2.87. The maximum atomic E-state index is 11.9. The lowest BCUT2D eigenvalue weighted by Gasteiger charge is -2.10. The molecule has 0 aliphatic heterocycles. The molecule has 0 spiro atoms. The fourth-order valence-corrected chi connectivity index (χ4v) is 1.83. The molecule has 8 heteroatoms. The number of nitrogens with two attached hydrogens (primary N) is 1. The summed E-state index contributed by atoms with van der Waals surface area (Å²) in [6, 6.07) is 5.01. The van der Waals surface area contributed by atoms with Gasteiger partial charge in [-0.15, -0.1) is 0 Å². The standard InChI is InChI=1S/C11H10BrN5O2/c12-7-1-2-8(10(13)17-19)9(3-7)16-11(18)6-4-14-15-5-6/h1-5,19H,(H2,13,17)(H,14,15)(H,16,18). The SMILES string of the molecule is N/C(=N/O)c1ccc(Br)cc1NC(=O)c1cn[nH]c1. The average Bonchev–Trinajstić information content (AvgIpc) is 2.92. The van der Waals surface area contributed by atoms with Crippen molar-refractivity contribution in [2.45, 2.75) is 0 Å². The molecule has 1 aromatic heterocycles. The van der Waals surface area contributed by atoms with E-state index in [4.69, 9.17) is 10.9 Å². The van der Waals surface area contributed by atoms with Crippen LogP contribution < -0.4 is 11.1 Å². The first-order valence-corrected chi connectivity index (χ1v) is 5.98. The van der Waals surface area contributed by atoms with Gasteiger partial charge in [0.25, 0.3) is 5.91 Å². The van der Waals surface area contributed by atoms with Gasteiger partial charge in [0.05, 0.1) is 17.4 Å². The van der Waals surface area contributed by atoms with Crippen molar-refractivity contribution in [1.29, 1.82) is 0 Å². The summed E-state index contributed by atoms with van der Waals surface area (Å²) in [5, 5.41) is 20.6. The first-order valence-electron chi connectivity index (χ1n) is 5.19. The van der Waals surface area contributed by atoms with Gasteiger partial charge in [0.2, 0.25) is 0 Å². The van der Waals surface area contributed by atoms with E-state index >= 15 is 0 Å². The minimum absolute atomic E-state index is 0.0880. The molecule has 0 saturated carbocycles. The molecule has 7 nitrogen and oxygen atoms in total. The smallest absolute Gasteiger partial charge is 0.258 e. The van der Waals surface area contributed by atoms with E-state index in [1.54, 1.807) is 18.2 Å². The molecule has 0 aliphatic rings. The highest BCUT2D eigenvalue weighted by Gasteiger charge is 2.12. The maximum absolute atomic E-state index is 11.9. The number of anilines is 1. The van der Waals surface area contributed by atoms with Crippen molar-refractivity contribution in [2.75, 3.05) is 5.32 Å². The van der Waals surface area contributed by atoms with Crippen LogP contribution in [0.5, 0.6) is 0 Å². The number of rotatable bonds is 3. The van der Waals surface area contributed by atoms with Crippen LogP contribution >= 0.6 is 15.9 Å². The molecular formula is C11H10BrN5O2. The van der Waals surface area contributed by atoms with Gasteiger partial charge in [0.1, 0.15) is 0 Å². The number of amidine groups is 1. The van der Waals surface area contributed by atoms with Crippen molar-refractivity contribution in [3.8, 4) is 0 Å². The Balaban J connectivity index is 2.33. The molecule has 0 aliphatic carbocycles. The van der Waals surface area contributed by atoms with E-state index in [-0.39, 0.29) is 11.7 Å². The molecule has 1 amide bonds. The Kier molecular flexibility index (Phi) is 3.81. The molecule has 0 radical (unpaired) electrons. The van der Waals surface area contributed by atoms with Crippen LogP contribution in [0, 0.1) is 0 Å². The zero-order valence-corrected chi connectivity index (χ0v) is 11.2. The quantitative estimate of drug-likeness (QED) is 0.296. The topological polar surface area (TPSA) is 116 Å². The summed E-state index contributed by atoms with van der Waals surface area (Å²) >= 11 is 3.29. The lowest BCUT2D eigenvalue weighted by Crippen LogP contribution is -2.19. The summed E-state index contributed by atoms with van der Waals surface area (Å²) in [6.45, 7) is 0. The first kappa shape index (κ1) is 13.1. The fourth-order valence-electron chi connectivity index (χ4n) is 1.47. The monoisotopic (exact) mass is 323 g/mol. The Morgan fingerprint density at radius 3 is 2.95 bits per heavy atom. The first-order chi connectivity index (χ1) is 9.11. The van der Waals surface area contributed by atoms with Gasteiger partial charge in [-0.3, -0.25) is 9.89 Å². The van der Waals surface area contributed by atoms with Crippen molar-refractivity contribution < 1.29 is 10.0 Å². The third-order valence-electron chi connectivity index (χ3n) is 2.37. The Hall–Kier alpha value is -2.35. The number of hydrogen-bond acceptors (Lipinski definition) is 4. The highest BCUT2D eigenvalue weighted by Crippen LogP contribution is 2.22. The van der Waals surface area contributed by atoms with Gasteiger partial charge in [-0.2, -0.15) is 5.10 Å². The van der Waals surface area contributed by atoms with E-state index in [1.807, 2.05) is 0 Å². The lowest BCUT2D eigenvalue weighted by atomic mass is 10.1. The van der Waals surface area contributed by atoms with Crippen molar-refractivity contribution in [1.82, 2.24) is 10.2 Å². The van der Waals surface area contributed by atoms with Gasteiger partial charge >= 0.3 is 0 Å². The van der Waals surface area contributed by atoms with Crippen molar-refractivity contribution in [3.63, 3.8) is 0 Å². The highest BCUT2D eigenvalue weighted by atomic mass is 79.9. The molecule has 19 heavy (non-hydrogen) atoms. The molecule has 98 valence electrons. The van der Waals surface area contributed by atoms with E-state index in [0.717, 1.165) is 4.47 Å². The summed E-state index contributed by atoms with van der Waals surface area (Å²) < 4.78 is 0.754. The van der Waals surface area contributed by atoms with Gasteiger partial charge in [0, 0.05) is 16.2 Å². The van der Waals surface area contributed by atoms with Gasteiger partial charge in [-0.1, -0.05) is 21.1 Å². The Bertz CT molecular complexity index is 624. The number of benzene rings is 1. The van der Waals surface area contributed by atoms with Crippen molar-refractivity contribution in [3.05, 3.63) is 46.2 Å². The molecule has 2 rings (SSSR count). The zero-order valence-electron chi connectivity index (χ0n) is 9.59. The van der Waals surface area contributed by atoms with Crippen LogP contribution in [0.2, 0.25) is 0 Å². The van der Waals surface area contributed by atoms with E-state index in [1.165, 1.54) is 12.4 Å². The predicted octanol–water partition coefficient (Wildman–Crippen LogP) is 1.52. The lowest BCUT2D eigenvalue weighted by molar-refractivity contribution is 0.102. The second kappa shape index (κ2) is 5.53. The van der Waals surface area contributed by atoms with Gasteiger partial charge in [0.15, 0.2) is 5.84 Å². The fraction of sp³-hybridized carbons (Fsp3) is 0. The second-order valence-corrected chi connectivity index (χ2v) is 4.53. The number of nitrogens with one attached hydrogen (secondary N) is 2. The van der Waals surface area contributed by atoms with Crippen LogP contribution in [-0.2, 0) is 0 Å². The predicted molar refractivity (Wildman–Crippen MR) is 73.2 cm³/mol. The van der Waals surface area contributed by atoms with Crippen molar-refractivity contribution in [2.24, 2.45) is 10.9 Å². The number of amides is 1. The van der Waals surface area contributed by atoms with Gasteiger partial charge < -0.3 is 16.3 Å². The Morgan fingerprint density at radius 2 is 2.32 bits per heavy atom. The third kappa shape index (κ3) is 2.91. The van der Waals surface area contributed by atoms with E-state index in [0.29, 0.717) is 16.8 Å². The van der Waals surface area contributed by atoms with Gasteiger partial charge in [-0.05, 0) is 18.2 Å². The number of halogens is 1. The number of aromatic amines is 1. The van der Waals surface area contributed by atoms with Crippen LogP contribution in [0.1, 0.15) is 15.9 Å². The van der Waals surface area contributed by atoms with Gasteiger partial charge in [-0.25, -0.2) is 0 Å². The molecule has 1 heterocycles. The number of aromatic nitrogens is 2. The summed E-state index contributed by atoms with van der Waals surface area (Å²) in [5.74, 6) is -0.436. The highest BCUT2D eigenvalue weighted by molar-refractivity contribution is 9.10. The molecule has 0 fully saturated rings. The summed E-state index contributed by atoms with van der Waals surface area (Å²) in [4.78, 5) is 11.9. The molecular weight excluding hydrogens is 314 g/mol. The summed E-state index contributed by atoms with van der Waals surface area (Å²) in [5.41, 5.74) is 6.78. The third-order valence-corrected chi connectivity index (χ3v) is 2.87. The molecule has 0 atom stereocenters. The minimum Gasteiger partial charge on any atom is -0.409 e. The van der Waals surface area contributed by atoms with Crippen LogP contribution in [0.4, 0.5) is 5.69 Å². The zero-order chi connectivity index (χ0) is 13.8. The van der Waals surface area contributed by atoms with Crippen LogP contribution in [0.3, 0.4) is 0 Å². The number of carbonyl (C=O) groups excluding carboxylic acids is 1. The number of oxime groups is 1. The van der Waals surface area contributed by atoms with E-state index in [2.05, 4.69) is 36.6 Å². The number of nitrogens with zero attached hydrogens (tertiary/aromatic N) is 2. The van der Waals surface area contributed by atoms with E-state index < -0.39 is 0 Å². The molecule has 0 saturated heterocycles. The Morgan fingerprint density at radius 1 is 1.53 bits per heavy atom. The summed E-state index contributed by atoms with van der Waals surface area (Å²) in [7, 11) is 0. The number of carbonyl (C=O) groups is 1. The number of H-pyrrole nitrogens is 1. The molecule has 5 N–H and O–H groups in total. The number of hydrogen-bond donors (Lipinski definition) is 4.